The van der Waals surface area contributed by atoms with Gasteiger partial charge in [0.25, 0.3) is 0 Å². The van der Waals surface area contributed by atoms with E-state index in [1.165, 1.54) is 0 Å². The third-order valence-corrected chi connectivity index (χ3v) is 5.78. The predicted octanol–water partition coefficient (Wildman–Crippen LogP) is 5.01. The van der Waals surface area contributed by atoms with Gasteiger partial charge in [-0.25, -0.2) is 4.79 Å². The van der Waals surface area contributed by atoms with E-state index in [9.17, 15) is 9.59 Å². The normalized spacial score (nSPS) is 30.8. The highest BCUT2D eigenvalue weighted by Gasteiger charge is 2.62. The number of carbonyl (C=O) groups is 2. The monoisotopic (exact) mass is 372 g/mol. The minimum Gasteiger partial charge on any atom is -0.458 e. The predicted molar refractivity (Wildman–Crippen MR) is 104 cm³/mol. The summed E-state index contributed by atoms with van der Waals surface area (Å²) in [4.78, 5) is 26.3. The minimum absolute atomic E-state index is 0.106. The van der Waals surface area contributed by atoms with Crippen LogP contribution >= 0.6 is 0 Å². The number of carbonyl (C=O) groups excluding carboxylic acids is 2. The van der Waals surface area contributed by atoms with Crippen molar-refractivity contribution in [1.29, 1.82) is 0 Å². The molecule has 4 heteroatoms. The molecular weight excluding hydrogens is 340 g/mol. The molecule has 1 aliphatic heterocycles. The molecule has 4 atom stereocenters. The molecule has 2 fully saturated rings. The Balaban J connectivity index is 2.03. The van der Waals surface area contributed by atoms with Crippen LogP contribution < -0.4 is 0 Å². The van der Waals surface area contributed by atoms with Crippen LogP contribution in [-0.2, 0) is 19.1 Å². The molecule has 1 aliphatic carbocycles. The van der Waals surface area contributed by atoms with E-state index in [4.69, 9.17) is 9.47 Å². The molecule has 1 saturated heterocycles. The second kappa shape index (κ2) is 7.75. The van der Waals surface area contributed by atoms with Crippen molar-refractivity contribution in [3.05, 3.63) is 35.9 Å². The molecule has 3 rings (SSSR count). The molecule has 0 unspecified atom stereocenters. The first kappa shape index (κ1) is 20.1. The second-order valence-corrected chi connectivity index (χ2v) is 8.93. The number of hydrogen-bond acceptors (Lipinski definition) is 4. The Morgan fingerprint density at radius 1 is 1.26 bits per heavy atom. The van der Waals surface area contributed by atoms with Gasteiger partial charge in [0.2, 0.25) is 0 Å². The van der Waals surface area contributed by atoms with Gasteiger partial charge >= 0.3 is 5.97 Å². The summed E-state index contributed by atoms with van der Waals surface area (Å²) >= 11 is 0. The Morgan fingerprint density at radius 2 is 1.96 bits per heavy atom. The van der Waals surface area contributed by atoms with Gasteiger partial charge in [-0.05, 0) is 45.6 Å². The summed E-state index contributed by atoms with van der Waals surface area (Å²) in [6.45, 7) is 7.75. The van der Waals surface area contributed by atoms with Gasteiger partial charge in [0, 0.05) is 12.3 Å². The molecule has 0 amide bonds. The van der Waals surface area contributed by atoms with Crippen LogP contribution in [0.1, 0.15) is 77.9 Å². The van der Waals surface area contributed by atoms with E-state index in [2.05, 4.69) is 6.92 Å². The van der Waals surface area contributed by atoms with Crippen LogP contribution in [0.5, 0.6) is 0 Å². The van der Waals surface area contributed by atoms with E-state index in [-0.39, 0.29) is 29.7 Å². The van der Waals surface area contributed by atoms with Gasteiger partial charge in [0.05, 0.1) is 12.0 Å². The van der Waals surface area contributed by atoms with Crippen LogP contribution in [0.2, 0.25) is 0 Å². The first-order valence-corrected chi connectivity index (χ1v) is 10.3. The van der Waals surface area contributed by atoms with E-state index in [1.807, 2.05) is 51.1 Å². The Morgan fingerprint density at radius 3 is 2.59 bits per heavy atom. The number of esters is 1. The lowest BCUT2D eigenvalue weighted by molar-refractivity contribution is -0.188. The van der Waals surface area contributed by atoms with Crippen LogP contribution in [0.4, 0.5) is 0 Å². The summed E-state index contributed by atoms with van der Waals surface area (Å²) in [6, 6.07) is 9.86. The highest BCUT2D eigenvalue weighted by molar-refractivity contribution is 5.88. The second-order valence-electron chi connectivity index (χ2n) is 8.93. The van der Waals surface area contributed by atoms with Crippen molar-refractivity contribution in [2.75, 3.05) is 0 Å². The molecule has 0 aromatic heterocycles. The lowest BCUT2D eigenvalue weighted by Crippen LogP contribution is -2.50. The average Bonchev–Trinajstić information content (AvgIpc) is 2.96. The van der Waals surface area contributed by atoms with Crippen LogP contribution in [0.3, 0.4) is 0 Å². The number of fused-ring (bicyclic) bond motifs is 1. The molecule has 1 aromatic carbocycles. The molecule has 2 aliphatic rings. The van der Waals surface area contributed by atoms with E-state index in [1.54, 1.807) is 0 Å². The Labute approximate surface area is 162 Å². The van der Waals surface area contributed by atoms with Gasteiger partial charge in [-0.1, -0.05) is 50.1 Å². The number of ketones is 1. The lowest BCUT2D eigenvalue weighted by Gasteiger charge is -2.37. The van der Waals surface area contributed by atoms with Crippen LogP contribution in [-0.4, -0.2) is 23.0 Å². The van der Waals surface area contributed by atoms with Gasteiger partial charge in [-0.15, -0.1) is 0 Å². The summed E-state index contributed by atoms with van der Waals surface area (Å²) in [5, 5.41) is 0. The Kier molecular flexibility index (Phi) is 5.76. The number of Topliss-reactive ketones (excluding diaryl/α,β-unsaturated/α-hetero) is 1. The van der Waals surface area contributed by atoms with Gasteiger partial charge < -0.3 is 9.47 Å². The van der Waals surface area contributed by atoms with E-state index in [0.717, 1.165) is 31.2 Å². The maximum atomic E-state index is 13.4. The number of unbranched alkanes of at least 4 members (excludes halogenated alkanes) is 1. The van der Waals surface area contributed by atoms with Gasteiger partial charge in [-0.3, -0.25) is 4.79 Å². The van der Waals surface area contributed by atoms with E-state index >= 15 is 0 Å². The zero-order valence-electron chi connectivity index (χ0n) is 17.0. The summed E-state index contributed by atoms with van der Waals surface area (Å²) < 4.78 is 12.4. The topological polar surface area (TPSA) is 52.6 Å². The van der Waals surface area contributed by atoms with Crippen LogP contribution in [0.15, 0.2) is 30.3 Å². The molecule has 1 heterocycles. The minimum atomic E-state index is -1.02. The summed E-state index contributed by atoms with van der Waals surface area (Å²) in [5.41, 5.74) is -0.631. The SMILES string of the molecule is CCCC[C@@]1(C(=O)OC(C)(C)C)O[C@H](c2ccccc2)[C@@H]2C(=O)CCC[C@@H]21. The first-order valence-electron chi connectivity index (χ1n) is 10.3. The van der Waals surface area contributed by atoms with Crippen molar-refractivity contribution in [2.24, 2.45) is 11.8 Å². The highest BCUT2D eigenvalue weighted by Crippen LogP contribution is 2.55. The van der Waals surface area contributed by atoms with Crippen molar-refractivity contribution in [3.63, 3.8) is 0 Å². The number of ether oxygens (including phenoxy) is 2. The smallest absolute Gasteiger partial charge is 0.339 e. The summed E-state index contributed by atoms with van der Waals surface area (Å²) in [6.07, 6.45) is 4.31. The third kappa shape index (κ3) is 3.96. The largest absolute Gasteiger partial charge is 0.458 e. The standard InChI is InChI=1S/C23H32O4/c1-5-6-15-23(21(25)27-22(2,3)4)17-13-10-14-18(24)19(17)20(26-23)16-11-8-7-9-12-16/h7-9,11-12,17,19-20H,5-6,10,13-15H2,1-4H3/t17-,19-,20+,23+/m0/s1. The van der Waals surface area contributed by atoms with Crippen molar-refractivity contribution < 1.29 is 19.1 Å². The first-order chi connectivity index (χ1) is 12.8. The maximum Gasteiger partial charge on any atom is 0.339 e. The maximum absolute atomic E-state index is 13.4. The van der Waals surface area contributed by atoms with Crippen LogP contribution in [0.25, 0.3) is 0 Å². The number of rotatable bonds is 5. The fraction of sp³-hybridized carbons (Fsp3) is 0.652. The highest BCUT2D eigenvalue weighted by atomic mass is 16.6. The Hall–Kier alpha value is -1.68. The van der Waals surface area contributed by atoms with E-state index < -0.39 is 11.2 Å². The molecular formula is C23H32O4. The average molecular weight is 373 g/mol. The van der Waals surface area contributed by atoms with Gasteiger partial charge in [0.1, 0.15) is 11.4 Å². The third-order valence-electron chi connectivity index (χ3n) is 5.78. The van der Waals surface area contributed by atoms with Crippen molar-refractivity contribution in [2.45, 2.75) is 83.5 Å². The molecule has 1 aromatic rings. The number of benzene rings is 1. The lowest BCUT2D eigenvalue weighted by atomic mass is 9.68. The molecule has 0 spiro atoms. The quantitative estimate of drug-likeness (QED) is 0.682. The molecule has 148 valence electrons. The summed E-state index contributed by atoms with van der Waals surface area (Å²) in [5.74, 6) is -0.440. The van der Waals surface area contributed by atoms with Crippen molar-refractivity contribution in [3.8, 4) is 0 Å². The van der Waals surface area contributed by atoms with Crippen LogP contribution in [0, 0.1) is 11.8 Å². The summed E-state index contributed by atoms with van der Waals surface area (Å²) in [7, 11) is 0. The zero-order valence-corrected chi connectivity index (χ0v) is 17.0. The zero-order chi connectivity index (χ0) is 19.7. The van der Waals surface area contributed by atoms with Gasteiger partial charge in [0.15, 0.2) is 5.60 Å². The van der Waals surface area contributed by atoms with Crippen molar-refractivity contribution in [1.82, 2.24) is 0 Å². The molecule has 4 nitrogen and oxygen atoms in total. The van der Waals surface area contributed by atoms with E-state index in [0.29, 0.717) is 12.8 Å². The molecule has 0 N–H and O–H groups in total. The molecule has 0 bridgehead atoms. The Bertz CT molecular complexity index is 675. The molecule has 0 radical (unpaired) electrons. The fourth-order valence-corrected chi connectivity index (χ4v) is 4.62. The molecule has 27 heavy (non-hydrogen) atoms. The molecule has 1 saturated carbocycles. The van der Waals surface area contributed by atoms with Gasteiger partial charge in [-0.2, -0.15) is 0 Å². The van der Waals surface area contributed by atoms with Crippen molar-refractivity contribution >= 4 is 11.8 Å². The number of hydrogen-bond donors (Lipinski definition) is 0. The fourth-order valence-electron chi connectivity index (χ4n) is 4.62.